The molecule has 19 heavy (non-hydrogen) atoms. The van der Waals surface area contributed by atoms with Crippen molar-refractivity contribution >= 4 is 16.8 Å². The molecule has 1 aromatic heterocycles. The van der Waals surface area contributed by atoms with E-state index in [1.54, 1.807) is 0 Å². The minimum atomic E-state index is -0.384. The number of para-hydroxylation sites is 1. The number of amides is 1. The molecule has 2 aromatic rings. The normalized spacial score (nSPS) is 13.3. The molecule has 3 nitrogen and oxygen atoms in total. The van der Waals surface area contributed by atoms with E-state index in [4.69, 9.17) is 0 Å². The van der Waals surface area contributed by atoms with Crippen molar-refractivity contribution in [2.45, 2.75) is 33.7 Å². The van der Waals surface area contributed by atoms with E-state index in [9.17, 15) is 4.79 Å². The zero-order valence-corrected chi connectivity index (χ0v) is 11.9. The molecule has 0 spiro atoms. The lowest BCUT2D eigenvalue weighted by molar-refractivity contribution is -0.129. The Labute approximate surface area is 114 Å². The first-order valence-electron chi connectivity index (χ1n) is 6.54. The number of carbonyl (C=O) groups excluding carboxylic acids is 1. The molecule has 0 unspecified atom stereocenters. The second-order valence-corrected chi connectivity index (χ2v) is 5.87. The molecular weight excluding hydrogens is 236 g/mol. The molecule has 0 fully saturated rings. The van der Waals surface area contributed by atoms with E-state index in [2.05, 4.69) is 10.3 Å². The van der Waals surface area contributed by atoms with Gasteiger partial charge in [0, 0.05) is 10.8 Å². The van der Waals surface area contributed by atoms with E-state index in [0.29, 0.717) is 0 Å². The topological polar surface area (TPSA) is 42.0 Å². The van der Waals surface area contributed by atoms with Gasteiger partial charge in [-0.3, -0.25) is 9.78 Å². The second-order valence-electron chi connectivity index (χ2n) is 5.87. The standard InChI is InChI=1S/C16H20N2O/c1-11(17-15(19)16(2,3)4)13-10-9-12-7-5-6-8-14(12)18-13/h5-11H,1-4H3,(H,17,19)/t11-/m0/s1. The summed E-state index contributed by atoms with van der Waals surface area (Å²) >= 11 is 0. The van der Waals surface area contributed by atoms with E-state index in [0.717, 1.165) is 16.6 Å². The molecule has 1 heterocycles. The first-order chi connectivity index (χ1) is 8.88. The summed E-state index contributed by atoms with van der Waals surface area (Å²) < 4.78 is 0. The van der Waals surface area contributed by atoms with Crippen molar-refractivity contribution in [1.82, 2.24) is 10.3 Å². The maximum absolute atomic E-state index is 12.0. The van der Waals surface area contributed by atoms with Crippen molar-refractivity contribution in [3.8, 4) is 0 Å². The quantitative estimate of drug-likeness (QED) is 0.894. The Bertz CT molecular complexity index is 599. The third-order valence-electron chi connectivity index (χ3n) is 3.09. The molecule has 1 aromatic carbocycles. The maximum Gasteiger partial charge on any atom is 0.225 e. The maximum atomic E-state index is 12.0. The minimum absolute atomic E-state index is 0.0370. The van der Waals surface area contributed by atoms with Crippen LogP contribution in [0.4, 0.5) is 0 Å². The summed E-state index contributed by atoms with van der Waals surface area (Å²) in [5.41, 5.74) is 1.46. The van der Waals surface area contributed by atoms with Crippen molar-refractivity contribution in [2.24, 2.45) is 5.41 Å². The summed E-state index contributed by atoms with van der Waals surface area (Å²) in [5.74, 6) is 0.0370. The summed E-state index contributed by atoms with van der Waals surface area (Å²) in [6.07, 6.45) is 0. The van der Waals surface area contributed by atoms with Crippen molar-refractivity contribution in [1.29, 1.82) is 0 Å². The van der Waals surface area contributed by atoms with Gasteiger partial charge in [0.1, 0.15) is 0 Å². The summed E-state index contributed by atoms with van der Waals surface area (Å²) in [5, 5.41) is 4.11. The van der Waals surface area contributed by atoms with Gasteiger partial charge in [-0.1, -0.05) is 45.0 Å². The average Bonchev–Trinajstić information content (AvgIpc) is 2.37. The second kappa shape index (κ2) is 5.00. The predicted octanol–water partition coefficient (Wildman–Crippen LogP) is 3.46. The van der Waals surface area contributed by atoms with Crippen molar-refractivity contribution in [2.75, 3.05) is 0 Å². The number of aromatic nitrogens is 1. The van der Waals surface area contributed by atoms with Crippen LogP contribution >= 0.6 is 0 Å². The van der Waals surface area contributed by atoms with Crippen LogP contribution in [0.25, 0.3) is 10.9 Å². The molecule has 0 saturated carbocycles. The van der Waals surface area contributed by atoms with Crippen LogP contribution in [0.15, 0.2) is 36.4 Å². The van der Waals surface area contributed by atoms with Crippen LogP contribution in [-0.2, 0) is 4.79 Å². The van der Waals surface area contributed by atoms with Gasteiger partial charge in [-0.25, -0.2) is 0 Å². The Morgan fingerprint density at radius 3 is 2.53 bits per heavy atom. The zero-order valence-electron chi connectivity index (χ0n) is 11.9. The number of hydrogen-bond donors (Lipinski definition) is 1. The molecule has 1 amide bonds. The molecule has 0 aliphatic rings. The Hall–Kier alpha value is -1.90. The van der Waals surface area contributed by atoms with Gasteiger partial charge in [0.15, 0.2) is 0 Å². The largest absolute Gasteiger partial charge is 0.348 e. The summed E-state index contributed by atoms with van der Waals surface area (Å²) in [6, 6.07) is 11.9. The molecule has 0 aliphatic heterocycles. The Morgan fingerprint density at radius 2 is 1.84 bits per heavy atom. The molecule has 0 saturated heterocycles. The van der Waals surface area contributed by atoms with Crippen molar-refractivity contribution in [3.63, 3.8) is 0 Å². The minimum Gasteiger partial charge on any atom is -0.348 e. The summed E-state index contributed by atoms with van der Waals surface area (Å²) in [6.45, 7) is 7.68. The molecule has 1 N–H and O–H groups in total. The fourth-order valence-electron chi connectivity index (χ4n) is 1.81. The molecule has 0 aliphatic carbocycles. The fraction of sp³-hybridized carbons (Fsp3) is 0.375. The molecule has 0 radical (unpaired) electrons. The third kappa shape index (κ3) is 3.11. The SMILES string of the molecule is C[C@H](NC(=O)C(C)(C)C)c1ccc2ccccc2n1. The van der Waals surface area contributed by atoms with Gasteiger partial charge < -0.3 is 5.32 Å². The van der Waals surface area contributed by atoms with E-state index < -0.39 is 0 Å². The number of pyridine rings is 1. The molecule has 1 atom stereocenters. The predicted molar refractivity (Wildman–Crippen MR) is 77.8 cm³/mol. The van der Waals surface area contributed by atoms with Crippen LogP contribution in [0.1, 0.15) is 39.4 Å². The highest BCUT2D eigenvalue weighted by Gasteiger charge is 2.23. The van der Waals surface area contributed by atoms with Crippen LogP contribution in [0.5, 0.6) is 0 Å². The highest BCUT2D eigenvalue weighted by molar-refractivity contribution is 5.82. The molecule has 3 heteroatoms. The fourth-order valence-corrected chi connectivity index (χ4v) is 1.81. The highest BCUT2D eigenvalue weighted by atomic mass is 16.2. The molecule has 0 bridgehead atoms. The average molecular weight is 256 g/mol. The van der Waals surface area contributed by atoms with Gasteiger partial charge in [0.25, 0.3) is 0 Å². The van der Waals surface area contributed by atoms with Crippen LogP contribution in [0.3, 0.4) is 0 Å². The van der Waals surface area contributed by atoms with Crippen LogP contribution in [0, 0.1) is 5.41 Å². The van der Waals surface area contributed by atoms with Crippen molar-refractivity contribution in [3.05, 3.63) is 42.1 Å². The lowest BCUT2D eigenvalue weighted by Gasteiger charge is -2.21. The Morgan fingerprint density at radius 1 is 1.16 bits per heavy atom. The number of hydrogen-bond acceptors (Lipinski definition) is 2. The van der Waals surface area contributed by atoms with Crippen LogP contribution in [0.2, 0.25) is 0 Å². The number of benzene rings is 1. The number of carbonyl (C=O) groups is 1. The Balaban J connectivity index is 2.22. The van der Waals surface area contributed by atoms with Gasteiger partial charge in [-0.05, 0) is 19.1 Å². The van der Waals surface area contributed by atoms with E-state index in [1.165, 1.54) is 0 Å². The van der Waals surface area contributed by atoms with Gasteiger partial charge in [0.05, 0.1) is 17.3 Å². The van der Waals surface area contributed by atoms with Gasteiger partial charge in [0.2, 0.25) is 5.91 Å². The first kappa shape index (κ1) is 13.5. The molecule has 2 rings (SSSR count). The lowest BCUT2D eigenvalue weighted by Crippen LogP contribution is -2.36. The van der Waals surface area contributed by atoms with Gasteiger partial charge in [-0.15, -0.1) is 0 Å². The highest BCUT2D eigenvalue weighted by Crippen LogP contribution is 2.19. The molecular formula is C16H20N2O. The van der Waals surface area contributed by atoms with E-state index in [1.807, 2.05) is 64.1 Å². The monoisotopic (exact) mass is 256 g/mol. The van der Waals surface area contributed by atoms with E-state index >= 15 is 0 Å². The first-order valence-corrected chi connectivity index (χ1v) is 6.54. The lowest BCUT2D eigenvalue weighted by atomic mass is 9.95. The van der Waals surface area contributed by atoms with E-state index in [-0.39, 0.29) is 17.4 Å². The third-order valence-corrected chi connectivity index (χ3v) is 3.09. The summed E-state index contributed by atoms with van der Waals surface area (Å²) in [7, 11) is 0. The summed E-state index contributed by atoms with van der Waals surface area (Å²) in [4.78, 5) is 16.6. The number of nitrogens with one attached hydrogen (secondary N) is 1. The molecule has 100 valence electrons. The number of fused-ring (bicyclic) bond motifs is 1. The zero-order chi connectivity index (χ0) is 14.0. The van der Waals surface area contributed by atoms with Crippen LogP contribution < -0.4 is 5.32 Å². The Kier molecular flexibility index (Phi) is 3.56. The van der Waals surface area contributed by atoms with Crippen molar-refractivity contribution < 1.29 is 4.79 Å². The smallest absolute Gasteiger partial charge is 0.225 e. The van der Waals surface area contributed by atoms with Crippen LogP contribution in [-0.4, -0.2) is 10.9 Å². The van der Waals surface area contributed by atoms with Gasteiger partial charge >= 0.3 is 0 Å². The van der Waals surface area contributed by atoms with Gasteiger partial charge in [-0.2, -0.15) is 0 Å². The number of nitrogens with zero attached hydrogens (tertiary/aromatic N) is 1. The number of rotatable bonds is 2.